The summed E-state index contributed by atoms with van der Waals surface area (Å²) in [6.45, 7) is -0.0919. The number of carbonyl (C=O) groups is 1. The third-order valence-electron chi connectivity index (χ3n) is 2.58. The second-order valence-electron chi connectivity index (χ2n) is 4.13. The topological polar surface area (TPSA) is 95.9 Å². The van der Waals surface area contributed by atoms with Crippen LogP contribution in [0.1, 0.15) is 10.4 Å². The Balaban J connectivity index is 3.26. The lowest BCUT2D eigenvalue weighted by Crippen LogP contribution is -2.27. The van der Waals surface area contributed by atoms with E-state index in [1.54, 1.807) is 0 Å². The molecule has 0 fully saturated rings. The van der Waals surface area contributed by atoms with E-state index in [0.29, 0.717) is 0 Å². The minimum absolute atomic E-state index is 0.0818. The zero-order chi connectivity index (χ0) is 15.3. The Bertz CT molecular complexity index is 584. The molecule has 0 atom stereocenters. The van der Waals surface area contributed by atoms with Crippen LogP contribution in [0.2, 0.25) is 0 Å². The van der Waals surface area contributed by atoms with Crippen molar-refractivity contribution in [3.8, 4) is 5.75 Å². The van der Waals surface area contributed by atoms with Gasteiger partial charge in [0.1, 0.15) is 10.6 Å². The lowest BCUT2D eigenvalue weighted by Gasteiger charge is -2.15. The number of hydrogen-bond donors (Lipinski definition) is 2. The average molecular weight is 302 g/mol. The molecule has 1 aromatic rings. The molecule has 0 aliphatic heterocycles. The Labute approximate surface area is 118 Å². The van der Waals surface area contributed by atoms with Crippen LogP contribution in [-0.4, -0.2) is 58.1 Å². The first-order chi connectivity index (χ1) is 9.34. The highest BCUT2D eigenvalue weighted by Crippen LogP contribution is 2.26. The van der Waals surface area contributed by atoms with Crippen molar-refractivity contribution in [2.24, 2.45) is 0 Å². The maximum absolute atomic E-state index is 12.2. The zero-order valence-electron chi connectivity index (χ0n) is 11.6. The van der Waals surface area contributed by atoms with E-state index in [-0.39, 0.29) is 29.4 Å². The number of benzene rings is 1. The highest BCUT2D eigenvalue weighted by molar-refractivity contribution is 7.89. The maximum Gasteiger partial charge on any atom is 0.251 e. The van der Waals surface area contributed by atoms with Gasteiger partial charge in [0.15, 0.2) is 0 Å². The van der Waals surface area contributed by atoms with Gasteiger partial charge in [-0.2, -0.15) is 0 Å². The van der Waals surface area contributed by atoms with Gasteiger partial charge in [0, 0.05) is 26.2 Å². The van der Waals surface area contributed by atoms with Gasteiger partial charge in [-0.25, -0.2) is 12.7 Å². The number of sulfonamides is 1. The van der Waals surface area contributed by atoms with Crippen molar-refractivity contribution in [1.29, 1.82) is 0 Å². The predicted molar refractivity (Wildman–Crippen MR) is 73.3 cm³/mol. The van der Waals surface area contributed by atoms with E-state index >= 15 is 0 Å². The summed E-state index contributed by atoms with van der Waals surface area (Å²) in [5, 5.41) is 11.1. The largest absolute Gasteiger partial charge is 0.495 e. The van der Waals surface area contributed by atoms with Gasteiger partial charge in [0.2, 0.25) is 10.0 Å². The van der Waals surface area contributed by atoms with Crippen LogP contribution >= 0.6 is 0 Å². The van der Waals surface area contributed by atoms with E-state index in [9.17, 15) is 13.2 Å². The van der Waals surface area contributed by atoms with Crippen LogP contribution in [0.3, 0.4) is 0 Å². The molecule has 0 saturated carbocycles. The summed E-state index contributed by atoms with van der Waals surface area (Å²) in [5.74, 6) is -0.297. The molecule has 8 heteroatoms. The van der Waals surface area contributed by atoms with Crippen molar-refractivity contribution in [3.63, 3.8) is 0 Å². The smallest absolute Gasteiger partial charge is 0.251 e. The lowest BCUT2D eigenvalue weighted by atomic mass is 10.2. The number of nitrogens with zero attached hydrogens (tertiary/aromatic N) is 1. The fourth-order valence-corrected chi connectivity index (χ4v) is 2.56. The molecule has 112 valence electrons. The Morgan fingerprint density at radius 2 is 2.05 bits per heavy atom. The van der Waals surface area contributed by atoms with Gasteiger partial charge >= 0.3 is 0 Å². The van der Waals surface area contributed by atoms with Crippen LogP contribution in [0.4, 0.5) is 0 Å². The maximum atomic E-state index is 12.2. The number of ether oxygens (including phenoxy) is 1. The highest BCUT2D eigenvalue weighted by Gasteiger charge is 2.23. The number of aliphatic hydroxyl groups is 1. The first kappa shape index (κ1) is 16.4. The number of carbonyl (C=O) groups excluding carboxylic acids is 1. The van der Waals surface area contributed by atoms with Crippen molar-refractivity contribution >= 4 is 15.9 Å². The number of aliphatic hydroxyl groups excluding tert-OH is 1. The van der Waals surface area contributed by atoms with Gasteiger partial charge in [-0.05, 0) is 18.2 Å². The molecule has 0 aliphatic carbocycles. The van der Waals surface area contributed by atoms with Crippen LogP contribution in [0, 0.1) is 0 Å². The highest BCUT2D eigenvalue weighted by atomic mass is 32.2. The quantitative estimate of drug-likeness (QED) is 0.750. The van der Waals surface area contributed by atoms with Gasteiger partial charge < -0.3 is 15.2 Å². The molecular formula is C12H18N2O5S. The summed E-state index contributed by atoms with van der Waals surface area (Å²) in [6.07, 6.45) is 0. The fraction of sp³-hybridized carbons (Fsp3) is 0.417. The van der Waals surface area contributed by atoms with Crippen molar-refractivity contribution in [1.82, 2.24) is 9.62 Å². The van der Waals surface area contributed by atoms with Gasteiger partial charge in [-0.15, -0.1) is 0 Å². The van der Waals surface area contributed by atoms with E-state index in [0.717, 1.165) is 4.31 Å². The van der Waals surface area contributed by atoms with E-state index in [1.807, 2.05) is 0 Å². The molecule has 1 amide bonds. The zero-order valence-corrected chi connectivity index (χ0v) is 12.4. The summed E-state index contributed by atoms with van der Waals surface area (Å²) < 4.78 is 30.4. The van der Waals surface area contributed by atoms with Gasteiger partial charge in [0.05, 0.1) is 13.7 Å². The number of nitrogens with one attached hydrogen (secondary N) is 1. The van der Waals surface area contributed by atoms with E-state index in [2.05, 4.69) is 5.32 Å². The van der Waals surface area contributed by atoms with E-state index < -0.39 is 15.9 Å². The Morgan fingerprint density at radius 3 is 2.55 bits per heavy atom. The van der Waals surface area contributed by atoms with Crippen LogP contribution in [-0.2, 0) is 10.0 Å². The van der Waals surface area contributed by atoms with Crippen molar-refractivity contribution in [2.45, 2.75) is 4.90 Å². The second-order valence-corrected chi connectivity index (χ2v) is 6.25. The van der Waals surface area contributed by atoms with Crippen LogP contribution in [0.25, 0.3) is 0 Å². The molecular weight excluding hydrogens is 284 g/mol. The monoisotopic (exact) mass is 302 g/mol. The molecule has 0 aliphatic rings. The van der Waals surface area contributed by atoms with Crippen LogP contribution in [0.15, 0.2) is 23.1 Å². The molecule has 0 unspecified atom stereocenters. The molecule has 0 aromatic heterocycles. The first-order valence-electron chi connectivity index (χ1n) is 5.84. The van der Waals surface area contributed by atoms with Crippen LogP contribution in [0.5, 0.6) is 5.75 Å². The fourth-order valence-electron chi connectivity index (χ4n) is 1.49. The molecule has 2 N–H and O–H groups in total. The minimum atomic E-state index is -3.72. The SMILES string of the molecule is COc1ccc(C(=O)NCCO)cc1S(=O)(=O)N(C)C. The number of rotatable bonds is 6. The molecule has 20 heavy (non-hydrogen) atoms. The third-order valence-corrected chi connectivity index (χ3v) is 4.42. The van der Waals surface area contributed by atoms with Crippen molar-refractivity contribution in [2.75, 3.05) is 34.4 Å². The predicted octanol–water partition coefficient (Wildman–Crippen LogP) is -0.332. The van der Waals surface area contributed by atoms with E-state index in [4.69, 9.17) is 9.84 Å². The molecule has 0 radical (unpaired) electrons. The molecule has 0 bridgehead atoms. The number of hydrogen-bond acceptors (Lipinski definition) is 5. The molecule has 1 aromatic carbocycles. The molecule has 0 spiro atoms. The van der Waals surface area contributed by atoms with Gasteiger partial charge in [-0.1, -0.05) is 0 Å². The van der Waals surface area contributed by atoms with Gasteiger partial charge in [0.25, 0.3) is 5.91 Å². The number of methoxy groups -OCH3 is 1. The molecule has 1 rings (SSSR count). The lowest BCUT2D eigenvalue weighted by molar-refractivity contribution is 0.0944. The Morgan fingerprint density at radius 1 is 1.40 bits per heavy atom. The average Bonchev–Trinajstić information content (AvgIpc) is 2.43. The Hall–Kier alpha value is -1.64. The first-order valence-corrected chi connectivity index (χ1v) is 7.28. The summed E-state index contributed by atoms with van der Waals surface area (Å²) >= 11 is 0. The summed E-state index contributed by atoms with van der Waals surface area (Å²) in [5.41, 5.74) is 0.180. The molecule has 0 heterocycles. The Kier molecular flexibility index (Phi) is 5.49. The van der Waals surface area contributed by atoms with Gasteiger partial charge in [-0.3, -0.25) is 4.79 Å². The molecule has 0 saturated heterocycles. The van der Waals surface area contributed by atoms with Crippen molar-refractivity contribution in [3.05, 3.63) is 23.8 Å². The minimum Gasteiger partial charge on any atom is -0.495 e. The standard InChI is InChI=1S/C12H18N2O5S/c1-14(2)20(17,18)11-8-9(4-5-10(11)19-3)12(16)13-6-7-15/h4-5,8,15H,6-7H2,1-3H3,(H,13,16). The molecule has 7 nitrogen and oxygen atoms in total. The van der Waals surface area contributed by atoms with Crippen molar-refractivity contribution < 1.29 is 23.1 Å². The second kappa shape index (κ2) is 6.69. The summed E-state index contributed by atoms with van der Waals surface area (Å²) in [7, 11) is 0.432. The summed E-state index contributed by atoms with van der Waals surface area (Å²) in [6, 6.07) is 4.13. The van der Waals surface area contributed by atoms with E-state index in [1.165, 1.54) is 39.4 Å². The van der Waals surface area contributed by atoms with Crippen LogP contribution < -0.4 is 10.1 Å². The number of amides is 1. The normalized spacial score (nSPS) is 11.4. The summed E-state index contributed by atoms with van der Waals surface area (Å²) in [4.78, 5) is 11.7. The third kappa shape index (κ3) is 3.47.